The fourth-order valence-electron chi connectivity index (χ4n) is 1.58. The van der Waals surface area contributed by atoms with Crippen LogP contribution in [0.1, 0.15) is 32.8 Å². The van der Waals surface area contributed by atoms with Gasteiger partial charge < -0.3 is 9.84 Å². The van der Waals surface area contributed by atoms with E-state index >= 15 is 0 Å². The lowest BCUT2D eigenvalue weighted by molar-refractivity contribution is 0.121. The number of hydrogen-bond donors (Lipinski definition) is 1. The predicted molar refractivity (Wildman–Crippen MR) is 66.7 cm³/mol. The van der Waals surface area contributed by atoms with E-state index in [9.17, 15) is 9.50 Å². The molecule has 0 spiro atoms. The molecule has 0 bridgehead atoms. The highest BCUT2D eigenvalue weighted by Crippen LogP contribution is 2.25. The number of ether oxygens (including phenoxy) is 1. The average Bonchev–Trinajstić information content (AvgIpc) is 2.29. The van der Waals surface area contributed by atoms with Crippen molar-refractivity contribution in [2.45, 2.75) is 39.7 Å². The number of rotatable bonds is 6. The molecule has 0 fully saturated rings. The Labute approximate surface area is 102 Å². The van der Waals surface area contributed by atoms with Gasteiger partial charge in [0.2, 0.25) is 0 Å². The third-order valence-corrected chi connectivity index (χ3v) is 2.81. The normalized spacial score (nSPS) is 14.4. The molecule has 1 rings (SSSR count). The summed E-state index contributed by atoms with van der Waals surface area (Å²) in [5, 5.41) is 9.18. The standard InChI is InChI=1S/C14H21FO2/c1-4-10(2)8-12-13(15)6-5-7-14(12)17-9-11(3)16/h5-7,10-11,16H,4,8-9H2,1-3H3. The molecule has 17 heavy (non-hydrogen) atoms. The smallest absolute Gasteiger partial charge is 0.130 e. The molecule has 0 radical (unpaired) electrons. The molecule has 2 atom stereocenters. The van der Waals surface area contributed by atoms with Gasteiger partial charge in [0, 0.05) is 5.56 Å². The van der Waals surface area contributed by atoms with Crippen LogP contribution in [0.25, 0.3) is 0 Å². The van der Waals surface area contributed by atoms with Crippen LogP contribution >= 0.6 is 0 Å². The van der Waals surface area contributed by atoms with Crippen molar-refractivity contribution in [3.63, 3.8) is 0 Å². The molecular formula is C14H21FO2. The van der Waals surface area contributed by atoms with E-state index in [1.54, 1.807) is 19.1 Å². The molecule has 2 unspecified atom stereocenters. The van der Waals surface area contributed by atoms with Crippen LogP contribution in [0.4, 0.5) is 4.39 Å². The van der Waals surface area contributed by atoms with Crippen LogP contribution in [0.3, 0.4) is 0 Å². The summed E-state index contributed by atoms with van der Waals surface area (Å²) in [6.07, 6.45) is 1.12. The molecule has 1 aromatic rings. The first-order chi connectivity index (χ1) is 8.04. The first kappa shape index (κ1) is 14.0. The van der Waals surface area contributed by atoms with Gasteiger partial charge in [0.05, 0.1) is 6.10 Å². The van der Waals surface area contributed by atoms with Gasteiger partial charge >= 0.3 is 0 Å². The molecule has 96 valence electrons. The molecule has 0 saturated carbocycles. The number of aliphatic hydroxyl groups excluding tert-OH is 1. The van der Waals surface area contributed by atoms with E-state index in [2.05, 4.69) is 13.8 Å². The Kier molecular flexibility index (Phi) is 5.42. The topological polar surface area (TPSA) is 29.5 Å². The van der Waals surface area contributed by atoms with Crippen molar-refractivity contribution >= 4 is 0 Å². The highest BCUT2D eigenvalue weighted by molar-refractivity contribution is 5.35. The van der Waals surface area contributed by atoms with Crippen molar-refractivity contribution in [1.82, 2.24) is 0 Å². The minimum Gasteiger partial charge on any atom is -0.491 e. The Morgan fingerprint density at radius 2 is 2.06 bits per heavy atom. The average molecular weight is 240 g/mol. The summed E-state index contributed by atoms with van der Waals surface area (Å²) < 4.78 is 19.2. The van der Waals surface area contributed by atoms with Crippen molar-refractivity contribution in [2.75, 3.05) is 6.61 Å². The zero-order chi connectivity index (χ0) is 12.8. The van der Waals surface area contributed by atoms with E-state index in [1.165, 1.54) is 6.07 Å². The van der Waals surface area contributed by atoms with Gasteiger partial charge in [-0.1, -0.05) is 26.3 Å². The molecular weight excluding hydrogens is 219 g/mol. The molecule has 0 amide bonds. The Hall–Kier alpha value is -1.09. The number of halogens is 1. The third-order valence-electron chi connectivity index (χ3n) is 2.81. The summed E-state index contributed by atoms with van der Waals surface area (Å²) in [5.41, 5.74) is 0.613. The Morgan fingerprint density at radius 3 is 2.65 bits per heavy atom. The summed E-state index contributed by atoms with van der Waals surface area (Å²) in [7, 11) is 0. The fraction of sp³-hybridized carbons (Fsp3) is 0.571. The molecule has 2 nitrogen and oxygen atoms in total. The van der Waals surface area contributed by atoms with Crippen LogP contribution in [0, 0.1) is 11.7 Å². The molecule has 3 heteroatoms. The van der Waals surface area contributed by atoms with E-state index < -0.39 is 6.10 Å². The summed E-state index contributed by atoms with van der Waals surface area (Å²) in [4.78, 5) is 0. The van der Waals surface area contributed by atoms with Crippen LogP contribution in [0.5, 0.6) is 5.75 Å². The Balaban J connectivity index is 2.84. The lowest BCUT2D eigenvalue weighted by Gasteiger charge is -2.15. The monoisotopic (exact) mass is 240 g/mol. The van der Waals surface area contributed by atoms with Crippen molar-refractivity contribution < 1.29 is 14.2 Å². The predicted octanol–water partition coefficient (Wildman–Crippen LogP) is 3.17. The zero-order valence-electron chi connectivity index (χ0n) is 10.7. The van der Waals surface area contributed by atoms with Crippen LogP contribution in [-0.2, 0) is 6.42 Å². The lowest BCUT2D eigenvalue weighted by Crippen LogP contribution is -2.14. The van der Waals surface area contributed by atoms with E-state index in [1.807, 2.05) is 0 Å². The van der Waals surface area contributed by atoms with E-state index in [0.717, 1.165) is 6.42 Å². The number of aliphatic hydroxyl groups is 1. The fourth-order valence-corrected chi connectivity index (χ4v) is 1.58. The maximum absolute atomic E-state index is 13.7. The van der Waals surface area contributed by atoms with E-state index in [-0.39, 0.29) is 12.4 Å². The molecule has 1 N–H and O–H groups in total. The summed E-state index contributed by atoms with van der Waals surface area (Å²) in [6, 6.07) is 4.84. The van der Waals surface area contributed by atoms with E-state index in [0.29, 0.717) is 23.7 Å². The first-order valence-electron chi connectivity index (χ1n) is 6.12. The minimum atomic E-state index is -0.547. The van der Waals surface area contributed by atoms with Crippen LogP contribution in [0.2, 0.25) is 0 Å². The van der Waals surface area contributed by atoms with Crippen LogP contribution < -0.4 is 4.74 Å². The SMILES string of the molecule is CCC(C)Cc1c(F)cccc1OCC(C)O. The molecule has 0 saturated heterocycles. The zero-order valence-corrected chi connectivity index (χ0v) is 10.7. The Bertz CT molecular complexity index is 350. The van der Waals surface area contributed by atoms with E-state index in [4.69, 9.17) is 4.74 Å². The highest BCUT2D eigenvalue weighted by Gasteiger charge is 2.13. The van der Waals surface area contributed by atoms with Gasteiger partial charge in [-0.25, -0.2) is 4.39 Å². The van der Waals surface area contributed by atoms with Crippen molar-refractivity contribution in [3.05, 3.63) is 29.6 Å². The first-order valence-corrected chi connectivity index (χ1v) is 6.12. The molecule has 0 aromatic heterocycles. The maximum Gasteiger partial charge on any atom is 0.130 e. The van der Waals surface area contributed by atoms with Gasteiger partial charge in [-0.2, -0.15) is 0 Å². The summed E-state index contributed by atoms with van der Waals surface area (Å²) in [5.74, 6) is 0.736. The molecule has 0 aliphatic rings. The maximum atomic E-state index is 13.7. The molecule has 0 heterocycles. The molecule has 0 aliphatic heterocycles. The summed E-state index contributed by atoms with van der Waals surface area (Å²) >= 11 is 0. The largest absolute Gasteiger partial charge is 0.491 e. The Morgan fingerprint density at radius 1 is 1.35 bits per heavy atom. The van der Waals surface area contributed by atoms with Gasteiger partial charge in [-0.05, 0) is 31.4 Å². The number of benzene rings is 1. The number of hydrogen-bond acceptors (Lipinski definition) is 2. The molecule has 1 aromatic carbocycles. The van der Waals surface area contributed by atoms with Gasteiger partial charge in [0.25, 0.3) is 0 Å². The van der Waals surface area contributed by atoms with Crippen molar-refractivity contribution in [2.24, 2.45) is 5.92 Å². The van der Waals surface area contributed by atoms with Gasteiger partial charge in [-0.3, -0.25) is 0 Å². The van der Waals surface area contributed by atoms with Gasteiger partial charge in [-0.15, -0.1) is 0 Å². The van der Waals surface area contributed by atoms with Crippen molar-refractivity contribution in [3.8, 4) is 5.75 Å². The summed E-state index contributed by atoms with van der Waals surface area (Å²) in [6.45, 7) is 6.01. The molecule has 0 aliphatic carbocycles. The minimum absolute atomic E-state index is 0.191. The lowest BCUT2D eigenvalue weighted by atomic mass is 9.98. The second-order valence-electron chi connectivity index (χ2n) is 4.59. The third kappa shape index (κ3) is 4.35. The van der Waals surface area contributed by atoms with Gasteiger partial charge in [0.1, 0.15) is 18.2 Å². The second kappa shape index (κ2) is 6.60. The second-order valence-corrected chi connectivity index (χ2v) is 4.59. The van der Waals surface area contributed by atoms with Crippen LogP contribution in [0.15, 0.2) is 18.2 Å². The van der Waals surface area contributed by atoms with Crippen molar-refractivity contribution in [1.29, 1.82) is 0 Å². The highest BCUT2D eigenvalue weighted by atomic mass is 19.1. The van der Waals surface area contributed by atoms with Gasteiger partial charge in [0.15, 0.2) is 0 Å². The van der Waals surface area contributed by atoms with Crippen LogP contribution in [-0.4, -0.2) is 17.8 Å². The quantitative estimate of drug-likeness (QED) is 0.827.